The number of piperidine rings is 1. The van der Waals surface area contributed by atoms with Crippen LogP contribution in [0, 0.1) is 5.82 Å². The van der Waals surface area contributed by atoms with E-state index in [9.17, 15) is 14.0 Å². The normalized spacial score (nSPS) is 19.9. The van der Waals surface area contributed by atoms with Crippen LogP contribution in [0.3, 0.4) is 0 Å². The first-order chi connectivity index (χ1) is 16.1. The quantitative estimate of drug-likeness (QED) is 0.597. The molecular weight excluding hydrogens is 447 g/mol. The predicted molar refractivity (Wildman–Crippen MR) is 119 cm³/mol. The van der Waals surface area contributed by atoms with E-state index < -0.39 is 35.5 Å². The molecule has 3 aromatic heterocycles. The summed E-state index contributed by atoms with van der Waals surface area (Å²) in [7, 11) is 0. The van der Waals surface area contributed by atoms with E-state index in [0.29, 0.717) is 5.69 Å². The Labute approximate surface area is 194 Å². The number of rotatable bonds is 6. The Morgan fingerprint density at radius 1 is 1.21 bits per heavy atom. The third-order valence-corrected chi connectivity index (χ3v) is 6.43. The molecule has 34 heavy (non-hydrogen) atoms. The molecule has 7 nitrogen and oxygen atoms in total. The number of hydrogen-bond acceptors (Lipinski definition) is 5. The summed E-state index contributed by atoms with van der Waals surface area (Å²) in [6, 6.07) is 10.4. The van der Waals surface area contributed by atoms with Crippen LogP contribution in [0.4, 0.5) is 13.2 Å². The van der Waals surface area contributed by atoms with E-state index in [4.69, 9.17) is 5.73 Å². The molecule has 0 bridgehead atoms. The van der Waals surface area contributed by atoms with Gasteiger partial charge in [-0.3, -0.25) is 24.5 Å². The Hall–Kier alpha value is -3.53. The van der Waals surface area contributed by atoms with Gasteiger partial charge in [0.25, 0.3) is 11.5 Å². The molecule has 1 aliphatic heterocycles. The van der Waals surface area contributed by atoms with E-state index in [1.54, 1.807) is 29.3 Å². The van der Waals surface area contributed by atoms with Crippen LogP contribution in [0.1, 0.15) is 36.2 Å². The van der Waals surface area contributed by atoms with Crippen molar-refractivity contribution < 1.29 is 18.0 Å². The molecule has 4 rings (SSSR count). The van der Waals surface area contributed by atoms with Crippen LogP contribution in [-0.4, -0.2) is 44.4 Å². The summed E-state index contributed by atoms with van der Waals surface area (Å²) in [5.41, 5.74) is 4.87. The van der Waals surface area contributed by atoms with Gasteiger partial charge in [0.1, 0.15) is 11.4 Å². The lowest BCUT2D eigenvalue weighted by molar-refractivity contribution is -0.139. The molecule has 10 heteroatoms. The number of pyridine rings is 3. The second-order valence-corrected chi connectivity index (χ2v) is 8.56. The maximum absolute atomic E-state index is 15.1. The minimum absolute atomic E-state index is 0.116. The summed E-state index contributed by atoms with van der Waals surface area (Å²) in [4.78, 5) is 34.6. The van der Waals surface area contributed by atoms with E-state index in [-0.39, 0.29) is 36.5 Å². The number of amides is 1. The third-order valence-electron chi connectivity index (χ3n) is 6.43. The van der Waals surface area contributed by atoms with Crippen molar-refractivity contribution in [3.8, 4) is 0 Å². The molecular formula is C24H24F3N5O2. The van der Waals surface area contributed by atoms with E-state index in [1.807, 2.05) is 0 Å². The average molecular weight is 471 g/mol. The molecule has 4 heterocycles. The summed E-state index contributed by atoms with van der Waals surface area (Å²) in [5.74, 6) is -5.76. The number of aromatic nitrogens is 3. The number of halogens is 3. The van der Waals surface area contributed by atoms with Crippen LogP contribution in [0.2, 0.25) is 0 Å². The molecule has 1 fully saturated rings. The fourth-order valence-corrected chi connectivity index (χ4v) is 4.31. The number of primary amides is 1. The molecule has 2 atom stereocenters. The minimum atomic E-state index is -3.08. The number of likely N-dealkylation sites (tertiary alicyclic amines) is 1. The first-order valence-corrected chi connectivity index (χ1v) is 10.8. The zero-order valence-electron chi connectivity index (χ0n) is 18.5. The highest BCUT2D eigenvalue weighted by molar-refractivity contribution is 5.85. The van der Waals surface area contributed by atoms with Crippen LogP contribution in [0.25, 0.3) is 0 Å². The summed E-state index contributed by atoms with van der Waals surface area (Å²) in [6.45, 7) is 1.30. The van der Waals surface area contributed by atoms with Crippen molar-refractivity contribution >= 4 is 5.91 Å². The summed E-state index contributed by atoms with van der Waals surface area (Å²) in [6.07, 6.45) is 3.43. The Morgan fingerprint density at radius 3 is 2.65 bits per heavy atom. The summed E-state index contributed by atoms with van der Waals surface area (Å²) < 4.78 is 45.0. The van der Waals surface area contributed by atoms with Crippen molar-refractivity contribution in [2.45, 2.75) is 37.3 Å². The standard InChI is InChI=1S/C24H24F3N5O2/c1-23(22(28)34,20-7-6-17(25)12-30-20)32-11-9-24(26,27)19(15-32)16-5-8-21(33)31(13-16)14-18-4-2-3-10-29-18/h2-8,10,12-13,19H,9,11,14-15H2,1H3,(H2,28,34). The Balaban J connectivity index is 1.69. The zero-order valence-corrected chi connectivity index (χ0v) is 18.5. The number of hydrogen-bond donors (Lipinski definition) is 1. The summed E-state index contributed by atoms with van der Waals surface area (Å²) in [5, 5.41) is 0. The van der Waals surface area contributed by atoms with Gasteiger partial charge in [-0.25, -0.2) is 13.2 Å². The molecule has 1 aliphatic rings. The molecule has 0 spiro atoms. The monoisotopic (exact) mass is 471 g/mol. The molecule has 0 aromatic carbocycles. The maximum Gasteiger partial charge on any atom is 0.257 e. The van der Waals surface area contributed by atoms with Gasteiger partial charge in [-0.2, -0.15) is 0 Å². The first kappa shape index (κ1) is 23.6. The van der Waals surface area contributed by atoms with Gasteiger partial charge in [0.15, 0.2) is 0 Å². The van der Waals surface area contributed by atoms with Gasteiger partial charge in [0.2, 0.25) is 5.91 Å². The SMILES string of the molecule is CC(C(N)=O)(c1ccc(F)cn1)N1CCC(F)(F)C(c2ccc(=O)n(Cc3ccccn3)c2)C1. The van der Waals surface area contributed by atoms with Crippen molar-refractivity contribution in [3.63, 3.8) is 0 Å². The zero-order chi connectivity index (χ0) is 24.5. The first-order valence-electron chi connectivity index (χ1n) is 10.8. The predicted octanol–water partition coefficient (Wildman–Crippen LogP) is 2.65. The number of nitrogens with two attached hydrogens (primary N) is 1. The average Bonchev–Trinajstić information content (AvgIpc) is 2.81. The van der Waals surface area contributed by atoms with Crippen molar-refractivity contribution in [3.05, 3.63) is 94.2 Å². The smallest absolute Gasteiger partial charge is 0.257 e. The van der Waals surface area contributed by atoms with Gasteiger partial charge >= 0.3 is 0 Å². The number of carbonyl (C=O) groups excluding carboxylic acids is 1. The van der Waals surface area contributed by atoms with Gasteiger partial charge in [-0.1, -0.05) is 12.1 Å². The van der Waals surface area contributed by atoms with Crippen molar-refractivity contribution in [1.82, 2.24) is 19.4 Å². The highest BCUT2D eigenvalue weighted by Crippen LogP contribution is 2.43. The molecule has 3 aromatic rings. The second kappa shape index (κ2) is 9.02. The van der Waals surface area contributed by atoms with E-state index in [0.717, 1.165) is 12.3 Å². The third kappa shape index (κ3) is 4.45. The Morgan fingerprint density at radius 2 is 2.00 bits per heavy atom. The Bertz CT molecular complexity index is 1230. The fraction of sp³-hybridized carbons (Fsp3) is 0.333. The van der Waals surface area contributed by atoms with Gasteiger partial charge in [0.05, 0.1) is 30.0 Å². The van der Waals surface area contributed by atoms with Crippen LogP contribution in [0.15, 0.2) is 65.8 Å². The molecule has 0 aliphatic carbocycles. The van der Waals surface area contributed by atoms with Gasteiger partial charge < -0.3 is 10.3 Å². The lowest BCUT2D eigenvalue weighted by Crippen LogP contribution is -2.59. The summed E-state index contributed by atoms with van der Waals surface area (Å²) >= 11 is 0. The second-order valence-electron chi connectivity index (χ2n) is 8.56. The van der Waals surface area contributed by atoms with Crippen LogP contribution in [0.5, 0.6) is 0 Å². The highest BCUT2D eigenvalue weighted by atomic mass is 19.3. The van der Waals surface area contributed by atoms with E-state index in [2.05, 4.69) is 9.97 Å². The van der Waals surface area contributed by atoms with Crippen LogP contribution in [-0.2, 0) is 16.9 Å². The number of alkyl halides is 2. The number of carbonyl (C=O) groups is 1. The van der Waals surface area contributed by atoms with Crippen LogP contribution < -0.4 is 11.3 Å². The van der Waals surface area contributed by atoms with E-state index >= 15 is 8.78 Å². The lowest BCUT2D eigenvalue weighted by atomic mass is 9.83. The van der Waals surface area contributed by atoms with Crippen LogP contribution >= 0.6 is 0 Å². The van der Waals surface area contributed by atoms with Gasteiger partial charge in [-0.15, -0.1) is 0 Å². The maximum atomic E-state index is 15.1. The van der Waals surface area contributed by atoms with Crippen molar-refractivity contribution in [1.29, 1.82) is 0 Å². The Kier molecular flexibility index (Phi) is 6.26. The highest BCUT2D eigenvalue weighted by Gasteiger charge is 2.51. The van der Waals surface area contributed by atoms with Gasteiger partial charge in [0, 0.05) is 38.0 Å². The molecule has 0 radical (unpaired) electrons. The molecule has 2 unspecified atom stereocenters. The molecule has 178 valence electrons. The number of nitrogens with zero attached hydrogens (tertiary/aromatic N) is 4. The largest absolute Gasteiger partial charge is 0.368 e. The lowest BCUT2D eigenvalue weighted by Gasteiger charge is -2.46. The van der Waals surface area contributed by atoms with Crippen molar-refractivity contribution in [2.24, 2.45) is 5.73 Å². The molecule has 1 amide bonds. The van der Waals surface area contributed by atoms with E-state index in [1.165, 1.54) is 35.9 Å². The van der Waals surface area contributed by atoms with Crippen molar-refractivity contribution in [2.75, 3.05) is 13.1 Å². The minimum Gasteiger partial charge on any atom is -0.368 e. The van der Waals surface area contributed by atoms with Gasteiger partial charge in [-0.05, 0) is 36.8 Å². The topological polar surface area (TPSA) is 94.1 Å². The fourth-order valence-electron chi connectivity index (χ4n) is 4.31. The molecule has 1 saturated heterocycles. The molecule has 2 N–H and O–H groups in total. The molecule has 0 saturated carbocycles.